The van der Waals surface area contributed by atoms with Crippen molar-refractivity contribution in [2.75, 3.05) is 5.32 Å². The zero-order chi connectivity index (χ0) is 11.4. The molecule has 2 rings (SSSR count). The number of aromatic nitrogens is 4. The molecule has 0 saturated heterocycles. The SMILES string of the molecule is CCCn1cc(CNc2ccn(C)n2)cn1. The molecule has 2 aromatic rings. The van der Waals surface area contributed by atoms with E-state index >= 15 is 0 Å². The summed E-state index contributed by atoms with van der Waals surface area (Å²) < 4.78 is 3.75. The minimum absolute atomic E-state index is 0.765. The second kappa shape index (κ2) is 4.83. The van der Waals surface area contributed by atoms with Crippen LogP contribution in [0.4, 0.5) is 5.82 Å². The Labute approximate surface area is 95.1 Å². The number of hydrogen-bond donors (Lipinski definition) is 1. The Morgan fingerprint density at radius 1 is 1.44 bits per heavy atom. The lowest BCUT2D eigenvalue weighted by molar-refractivity contribution is 0.602. The molecule has 86 valence electrons. The highest BCUT2D eigenvalue weighted by Gasteiger charge is 1.99. The lowest BCUT2D eigenvalue weighted by atomic mass is 10.3. The fourth-order valence-corrected chi connectivity index (χ4v) is 1.55. The molecule has 5 heteroatoms. The van der Waals surface area contributed by atoms with Crippen molar-refractivity contribution in [2.45, 2.75) is 26.4 Å². The van der Waals surface area contributed by atoms with Gasteiger partial charge in [-0.15, -0.1) is 0 Å². The highest BCUT2D eigenvalue weighted by Crippen LogP contribution is 2.05. The van der Waals surface area contributed by atoms with E-state index in [1.54, 1.807) is 4.68 Å². The van der Waals surface area contributed by atoms with Crippen LogP contribution in [-0.2, 0) is 20.1 Å². The monoisotopic (exact) mass is 219 g/mol. The molecular formula is C11H17N5. The Bertz CT molecular complexity index is 443. The van der Waals surface area contributed by atoms with E-state index in [-0.39, 0.29) is 0 Å². The Morgan fingerprint density at radius 3 is 3.00 bits per heavy atom. The van der Waals surface area contributed by atoms with Gasteiger partial charge in [-0.3, -0.25) is 9.36 Å². The average Bonchev–Trinajstić information content (AvgIpc) is 2.85. The fourth-order valence-electron chi connectivity index (χ4n) is 1.55. The normalized spacial score (nSPS) is 10.6. The molecule has 0 unspecified atom stereocenters. The third kappa shape index (κ3) is 2.62. The maximum atomic E-state index is 4.27. The third-order valence-corrected chi connectivity index (χ3v) is 2.33. The molecule has 0 amide bonds. The van der Waals surface area contributed by atoms with Crippen molar-refractivity contribution in [3.63, 3.8) is 0 Å². The van der Waals surface area contributed by atoms with Gasteiger partial charge in [0, 0.05) is 44.2 Å². The number of anilines is 1. The molecule has 0 aromatic carbocycles. The Hall–Kier alpha value is -1.78. The molecule has 0 fully saturated rings. The van der Waals surface area contributed by atoms with Crippen molar-refractivity contribution in [3.05, 3.63) is 30.2 Å². The number of nitrogens with zero attached hydrogens (tertiary/aromatic N) is 4. The minimum Gasteiger partial charge on any atom is -0.364 e. The van der Waals surface area contributed by atoms with Crippen LogP contribution in [0.3, 0.4) is 0 Å². The van der Waals surface area contributed by atoms with Crippen LogP contribution in [0, 0.1) is 0 Å². The first kappa shape index (κ1) is 10.7. The molecule has 16 heavy (non-hydrogen) atoms. The van der Waals surface area contributed by atoms with E-state index in [0.717, 1.165) is 25.3 Å². The molecule has 0 aliphatic heterocycles. The number of nitrogens with one attached hydrogen (secondary N) is 1. The van der Waals surface area contributed by atoms with Gasteiger partial charge in [-0.1, -0.05) is 6.92 Å². The summed E-state index contributed by atoms with van der Waals surface area (Å²) in [5, 5.41) is 11.8. The van der Waals surface area contributed by atoms with Crippen LogP contribution < -0.4 is 5.32 Å². The van der Waals surface area contributed by atoms with Crippen LogP contribution in [-0.4, -0.2) is 19.6 Å². The number of rotatable bonds is 5. The highest BCUT2D eigenvalue weighted by atomic mass is 15.3. The molecule has 0 saturated carbocycles. The lowest BCUT2D eigenvalue weighted by Gasteiger charge is -1.99. The van der Waals surface area contributed by atoms with Crippen molar-refractivity contribution < 1.29 is 0 Å². The first-order valence-electron chi connectivity index (χ1n) is 5.53. The zero-order valence-electron chi connectivity index (χ0n) is 9.72. The van der Waals surface area contributed by atoms with Crippen LogP contribution >= 0.6 is 0 Å². The molecule has 0 aliphatic rings. The van der Waals surface area contributed by atoms with Crippen molar-refractivity contribution in [1.29, 1.82) is 0 Å². The summed E-state index contributed by atoms with van der Waals surface area (Å²) in [6, 6.07) is 1.95. The fraction of sp³-hybridized carbons (Fsp3) is 0.455. The quantitative estimate of drug-likeness (QED) is 0.831. The topological polar surface area (TPSA) is 47.7 Å². The molecule has 0 radical (unpaired) electrons. The zero-order valence-corrected chi connectivity index (χ0v) is 9.72. The van der Waals surface area contributed by atoms with E-state index in [1.165, 1.54) is 5.56 Å². The third-order valence-electron chi connectivity index (χ3n) is 2.33. The maximum absolute atomic E-state index is 4.27. The molecule has 0 bridgehead atoms. The van der Waals surface area contributed by atoms with Crippen molar-refractivity contribution >= 4 is 5.82 Å². The second-order valence-electron chi connectivity index (χ2n) is 3.84. The maximum Gasteiger partial charge on any atom is 0.148 e. The predicted molar refractivity (Wildman–Crippen MR) is 63.1 cm³/mol. The summed E-state index contributed by atoms with van der Waals surface area (Å²) in [5.74, 6) is 0.894. The predicted octanol–water partition coefficient (Wildman–Crippen LogP) is 1.64. The number of hydrogen-bond acceptors (Lipinski definition) is 3. The molecule has 0 spiro atoms. The lowest BCUT2D eigenvalue weighted by Crippen LogP contribution is -2.00. The van der Waals surface area contributed by atoms with E-state index in [1.807, 2.05) is 30.2 Å². The van der Waals surface area contributed by atoms with Gasteiger partial charge in [0.15, 0.2) is 0 Å². The van der Waals surface area contributed by atoms with Crippen LogP contribution in [0.25, 0.3) is 0 Å². The van der Waals surface area contributed by atoms with Gasteiger partial charge in [0.25, 0.3) is 0 Å². The summed E-state index contributed by atoms with van der Waals surface area (Å²) in [6.45, 7) is 3.89. The summed E-state index contributed by atoms with van der Waals surface area (Å²) in [4.78, 5) is 0. The van der Waals surface area contributed by atoms with Gasteiger partial charge in [-0.2, -0.15) is 10.2 Å². The molecule has 2 heterocycles. The summed E-state index contributed by atoms with van der Waals surface area (Å²) in [6.07, 6.45) is 6.99. The molecule has 0 aliphatic carbocycles. The van der Waals surface area contributed by atoms with Crippen molar-refractivity contribution in [1.82, 2.24) is 19.6 Å². The first-order chi connectivity index (χ1) is 7.78. The minimum atomic E-state index is 0.765. The summed E-state index contributed by atoms with van der Waals surface area (Å²) in [5.41, 5.74) is 1.18. The van der Waals surface area contributed by atoms with Crippen LogP contribution in [0.2, 0.25) is 0 Å². The van der Waals surface area contributed by atoms with E-state index in [4.69, 9.17) is 0 Å². The largest absolute Gasteiger partial charge is 0.364 e. The Morgan fingerprint density at radius 2 is 2.31 bits per heavy atom. The van der Waals surface area contributed by atoms with E-state index in [2.05, 4.69) is 28.6 Å². The van der Waals surface area contributed by atoms with Gasteiger partial charge in [0.1, 0.15) is 5.82 Å². The molecule has 1 N–H and O–H groups in total. The first-order valence-corrected chi connectivity index (χ1v) is 5.53. The van der Waals surface area contributed by atoms with E-state index in [0.29, 0.717) is 0 Å². The molecule has 2 aromatic heterocycles. The van der Waals surface area contributed by atoms with Crippen LogP contribution in [0.15, 0.2) is 24.7 Å². The van der Waals surface area contributed by atoms with Gasteiger partial charge < -0.3 is 5.32 Å². The van der Waals surface area contributed by atoms with Crippen molar-refractivity contribution in [3.8, 4) is 0 Å². The van der Waals surface area contributed by atoms with Gasteiger partial charge in [0.2, 0.25) is 0 Å². The molecular weight excluding hydrogens is 202 g/mol. The number of aryl methyl sites for hydroxylation is 2. The van der Waals surface area contributed by atoms with Gasteiger partial charge >= 0.3 is 0 Å². The van der Waals surface area contributed by atoms with Gasteiger partial charge in [-0.25, -0.2) is 0 Å². The Balaban J connectivity index is 1.89. The van der Waals surface area contributed by atoms with Gasteiger partial charge in [-0.05, 0) is 6.42 Å². The molecule has 5 nitrogen and oxygen atoms in total. The van der Waals surface area contributed by atoms with E-state index in [9.17, 15) is 0 Å². The average molecular weight is 219 g/mol. The summed E-state index contributed by atoms with van der Waals surface area (Å²) in [7, 11) is 1.91. The highest BCUT2D eigenvalue weighted by molar-refractivity contribution is 5.33. The standard InChI is InChI=1S/C11H17N5/c1-3-5-16-9-10(8-13-16)7-12-11-4-6-15(2)14-11/h4,6,8-9H,3,5,7H2,1-2H3,(H,12,14). The van der Waals surface area contributed by atoms with Crippen molar-refractivity contribution in [2.24, 2.45) is 7.05 Å². The van der Waals surface area contributed by atoms with E-state index < -0.39 is 0 Å². The van der Waals surface area contributed by atoms with Gasteiger partial charge in [0.05, 0.1) is 6.20 Å². The van der Waals surface area contributed by atoms with Crippen LogP contribution in [0.1, 0.15) is 18.9 Å². The second-order valence-corrected chi connectivity index (χ2v) is 3.84. The molecule has 0 atom stereocenters. The summed E-state index contributed by atoms with van der Waals surface area (Å²) >= 11 is 0. The Kier molecular flexibility index (Phi) is 3.24. The smallest absolute Gasteiger partial charge is 0.148 e. The van der Waals surface area contributed by atoms with Crippen LogP contribution in [0.5, 0.6) is 0 Å².